The summed E-state index contributed by atoms with van der Waals surface area (Å²) in [5.41, 5.74) is 18.1. The van der Waals surface area contributed by atoms with Gasteiger partial charge >= 0.3 is 0 Å². The highest BCUT2D eigenvalue weighted by Gasteiger charge is 2.29. The average Bonchev–Trinajstić information content (AvgIpc) is 3.84. The van der Waals surface area contributed by atoms with Gasteiger partial charge in [0, 0.05) is 39.3 Å². The lowest BCUT2D eigenvalue weighted by Crippen LogP contribution is -2.09. The SMILES string of the molecule is c1ccc(-c2ccc(N(c3ccc(-c4ccc5c(c4)c4c(n5-c5ccccc5)-c5cccc6cccc-4c56)cc3)c3ccc(-c4cccc5ccccc45)cc3)cc2)cc1. The Morgan fingerprint density at radius 2 is 0.817 bits per heavy atom. The molecule has 60 heavy (non-hydrogen) atoms. The van der Waals surface area contributed by atoms with Gasteiger partial charge in [0.2, 0.25) is 0 Å². The third-order valence-electron chi connectivity index (χ3n) is 12.3. The van der Waals surface area contributed by atoms with Gasteiger partial charge in [0.05, 0.1) is 11.2 Å². The Balaban J connectivity index is 0.957. The summed E-state index contributed by atoms with van der Waals surface area (Å²) in [7, 11) is 0. The smallest absolute Gasteiger partial charge is 0.0626 e. The minimum absolute atomic E-state index is 1.10. The molecule has 0 saturated heterocycles. The van der Waals surface area contributed by atoms with E-state index in [4.69, 9.17) is 0 Å². The highest BCUT2D eigenvalue weighted by molar-refractivity contribution is 6.22. The van der Waals surface area contributed by atoms with Crippen molar-refractivity contribution in [1.82, 2.24) is 4.57 Å². The van der Waals surface area contributed by atoms with Crippen LogP contribution in [0.5, 0.6) is 0 Å². The molecule has 0 amide bonds. The second kappa shape index (κ2) is 13.9. The summed E-state index contributed by atoms with van der Waals surface area (Å²) < 4.78 is 2.46. The molecule has 2 nitrogen and oxygen atoms in total. The molecule has 1 aromatic heterocycles. The molecule has 1 heterocycles. The molecule has 0 aliphatic heterocycles. The molecule has 0 N–H and O–H groups in total. The van der Waals surface area contributed by atoms with Crippen LogP contribution < -0.4 is 4.90 Å². The molecule has 0 atom stereocenters. The Morgan fingerprint density at radius 3 is 1.50 bits per heavy atom. The highest BCUT2D eigenvalue weighted by atomic mass is 15.1. The summed E-state index contributed by atoms with van der Waals surface area (Å²) in [6.07, 6.45) is 0. The molecule has 0 saturated carbocycles. The van der Waals surface area contributed by atoms with Crippen LogP contribution in [-0.4, -0.2) is 4.57 Å². The number of nitrogens with zero attached hydrogens (tertiary/aromatic N) is 2. The fraction of sp³-hybridized carbons (Fsp3) is 0. The van der Waals surface area contributed by atoms with Crippen LogP contribution in [0.15, 0.2) is 231 Å². The fourth-order valence-corrected chi connectivity index (χ4v) is 9.54. The second-order valence-electron chi connectivity index (χ2n) is 15.7. The van der Waals surface area contributed by atoms with Gasteiger partial charge in [0.15, 0.2) is 0 Å². The van der Waals surface area contributed by atoms with Gasteiger partial charge in [-0.2, -0.15) is 0 Å². The van der Waals surface area contributed by atoms with E-state index in [1.165, 1.54) is 93.9 Å². The Labute approximate surface area is 349 Å². The summed E-state index contributed by atoms with van der Waals surface area (Å²) in [6, 6.07) is 84.0. The van der Waals surface area contributed by atoms with Crippen molar-refractivity contribution in [3.63, 3.8) is 0 Å². The van der Waals surface area contributed by atoms with Gasteiger partial charge in [-0.15, -0.1) is 0 Å². The monoisotopic (exact) mass is 762 g/mol. The molecular weight excluding hydrogens is 725 g/mol. The van der Waals surface area contributed by atoms with Gasteiger partial charge in [-0.3, -0.25) is 0 Å². The molecule has 280 valence electrons. The molecule has 0 radical (unpaired) electrons. The van der Waals surface area contributed by atoms with Gasteiger partial charge < -0.3 is 9.47 Å². The van der Waals surface area contributed by atoms with Gasteiger partial charge in [-0.25, -0.2) is 0 Å². The number of hydrogen-bond acceptors (Lipinski definition) is 1. The Morgan fingerprint density at radius 1 is 0.317 bits per heavy atom. The van der Waals surface area contributed by atoms with E-state index in [0.717, 1.165) is 17.1 Å². The Bertz CT molecular complexity index is 3370. The maximum absolute atomic E-state index is 2.46. The van der Waals surface area contributed by atoms with Crippen molar-refractivity contribution < 1.29 is 0 Å². The lowest BCUT2D eigenvalue weighted by Gasteiger charge is -2.26. The van der Waals surface area contributed by atoms with Crippen molar-refractivity contribution in [2.75, 3.05) is 4.90 Å². The van der Waals surface area contributed by atoms with Crippen molar-refractivity contribution in [3.05, 3.63) is 231 Å². The number of rotatable bonds is 7. The van der Waals surface area contributed by atoms with Gasteiger partial charge in [0.1, 0.15) is 0 Å². The number of para-hydroxylation sites is 1. The molecule has 12 rings (SSSR count). The first-order chi connectivity index (χ1) is 29.8. The van der Waals surface area contributed by atoms with E-state index in [9.17, 15) is 0 Å². The lowest BCUT2D eigenvalue weighted by atomic mass is 9.97. The van der Waals surface area contributed by atoms with Crippen molar-refractivity contribution >= 4 is 49.5 Å². The largest absolute Gasteiger partial charge is 0.311 e. The number of fused-ring (bicyclic) bond motifs is 6. The molecule has 0 bridgehead atoms. The molecule has 2 heteroatoms. The van der Waals surface area contributed by atoms with E-state index in [0.29, 0.717) is 0 Å². The third-order valence-corrected chi connectivity index (χ3v) is 12.3. The van der Waals surface area contributed by atoms with Crippen molar-refractivity contribution in [3.8, 4) is 61.5 Å². The zero-order chi connectivity index (χ0) is 39.6. The van der Waals surface area contributed by atoms with Gasteiger partial charge in [0.25, 0.3) is 0 Å². The lowest BCUT2D eigenvalue weighted by molar-refractivity contribution is 1.14. The summed E-state index contributed by atoms with van der Waals surface area (Å²) in [6.45, 7) is 0. The molecule has 0 fully saturated rings. The molecule has 1 aliphatic rings. The summed E-state index contributed by atoms with van der Waals surface area (Å²) in [5, 5.41) is 6.40. The Hall–Kier alpha value is -7.94. The normalized spacial score (nSPS) is 11.7. The zero-order valence-corrected chi connectivity index (χ0v) is 32.8. The average molecular weight is 763 g/mol. The minimum atomic E-state index is 1.10. The van der Waals surface area contributed by atoms with Crippen LogP contribution >= 0.6 is 0 Å². The first-order valence-corrected chi connectivity index (χ1v) is 20.7. The first kappa shape index (κ1) is 34.1. The highest BCUT2D eigenvalue weighted by Crippen LogP contribution is 2.53. The summed E-state index contributed by atoms with van der Waals surface area (Å²) in [4.78, 5) is 2.36. The number of benzene rings is 10. The van der Waals surface area contributed by atoms with E-state index in [2.05, 4.69) is 240 Å². The van der Waals surface area contributed by atoms with E-state index < -0.39 is 0 Å². The number of aromatic nitrogens is 1. The van der Waals surface area contributed by atoms with E-state index in [-0.39, 0.29) is 0 Å². The fourth-order valence-electron chi connectivity index (χ4n) is 9.54. The van der Waals surface area contributed by atoms with E-state index >= 15 is 0 Å². The zero-order valence-electron chi connectivity index (χ0n) is 32.8. The molecule has 10 aromatic carbocycles. The van der Waals surface area contributed by atoms with Crippen LogP contribution in [0.3, 0.4) is 0 Å². The van der Waals surface area contributed by atoms with Crippen molar-refractivity contribution in [1.29, 1.82) is 0 Å². The first-order valence-electron chi connectivity index (χ1n) is 20.7. The number of hydrogen-bond donors (Lipinski definition) is 0. The van der Waals surface area contributed by atoms with E-state index in [1.54, 1.807) is 0 Å². The summed E-state index contributed by atoms with van der Waals surface area (Å²) in [5.74, 6) is 0. The quantitative estimate of drug-likeness (QED) is 0.157. The van der Waals surface area contributed by atoms with Crippen LogP contribution in [-0.2, 0) is 0 Å². The predicted molar refractivity (Wildman–Crippen MR) is 254 cm³/mol. The maximum Gasteiger partial charge on any atom is 0.0626 e. The maximum atomic E-state index is 2.46. The topological polar surface area (TPSA) is 8.17 Å². The molecule has 1 aliphatic carbocycles. The second-order valence-corrected chi connectivity index (χ2v) is 15.7. The van der Waals surface area contributed by atoms with Crippen LogP contribution in [0.25, 0.3) is 93.9 Å². The molecular formula is C58H38N2. The van der Waals surface area contributed by atoms with Crippen molar-refractivity contribution in [2.24, 2.45) is 0 Å². The van der Waals surface area contributed by atoms with Crippen LogP contribution in [0, 0.1) is 0 Å². The van der Waals surface area contributed by atoms with Gasteiger partial charge in [-0.05, 0) is 121 Å². The van der Waals surface area contributed by atoms with Crippen molar-refractivity contribution in [2.45, 2.75) is 0 Å². The summed E-state index contributed by atoms with van der Waals surface area (Å²) >= 11 is 0. The van der Waals surface area contributed by atoms with Crippen LogP contribution in [0.1, 0.15) is 0 Å². The molecule has 0 spiro atoms. The molecule has 0 unspecified atom stereocenters. The van der Waals surface area contributed by atoms with Crippen LogP contribution in [0.2, 0.25) is 0 Å². The number of anilines is 3. The third kappa shape index (κ3) is 5.50. The standard InChI is InChI=1S/C58H38N2/c1-3-12-39(13-4-1)40-24-31-47(32-25-40)59(49-35-28-43(29-36-49)51-21-9-15-42-14-7-8-20-50(42)51)48-33-26-41(27-34-48)45-30-37-55-54(38-45)57-52-22-10-16-44-17-11-23-53(56(44)52)58(57)60(55)46-18-5-2-6-19-46/h1-38H. The predicted octanol–water partition coefficient (Wildman–Crippen LogP) is 16.1. The van der Waals surface area contributed by atoms with E-state index in [1.807, 2.05) is 0 Å². The van der Waals surface area contributed by atoms with Crippen LogP contribution in [0.4, 0.5) is 17.1 Å². The Kier molecular flexibility index (Phi) is 7.89. The minimum Gasteiger partial charge on any atom is -0.311 e. The molecule has 11 aromatic rings. The van der Waals surface area contributed by atoms with Gasteiger partial charge in [-0.1, -0.05) is 170 Å².